The molecule has 5 nitrogen and oxygen atoms in total. The normalized spacial score (nSPS) is 17.3. The summed E-state index contributed by atoms with van der Waals surface area (Å²) < 4.78 is 5.09. The Morgan fingerprint density at radius 2 is 2.00 bits per heavy atom. The van der Waals surface area contributed by atoms with Gasteiger partial charge in [-0.2, -0.15) is 0 Å². The lowest BCUT2D eigenvalue weighted by Crippen LogP contribution is -2.34. The molecule has 2 amide bonds. The first kappa shape index (κ1) is 16.3. The van der Waals surface area contributed by atoms with Crippen LogP contribution < -0.4 is 15.0 Å². The predicted octanol–water partition coefficient (Wildman–Crippen LogP) is 3.40. The van der Waals surface area contributed by atoms with Crippen molar-refractivity contribution in [3.8, 4) is 5.75 Å². The molecule has 0 spiro atoms. The summed E-state index contributed by atoms with van der Waals surface area (Å²) in [7, 11) is 1.51. The zero-order valence-corrected chi connectivity index (χ0v) is 14.1. The van der Waals surface area contributed by atoms with E-state index in [9.17, 15) is 9.59 Å². The average molecular weight is 345 g/mol. The highest BCUT2D eigenvalue weighted by atomic mass is 35.5. The molecule has 0 saturated carbocycles. The molecule has 1 aliphatic heterocycles. The monoisotopic (exact) mass is 344 g/mol. The van der Waals surface area contributed by atoms with Crippen LogP contribution in [-0.2, 0) is 9.59 Å². The maximum Gasteiger partial charge on any atom is 0.256 e. The van der Waals surface area contributed by atoms with Gasteiger partial charge in [-0.1, -0.05) is 23.7 Å². The van der Waals surface area contributed by atoms with Crippen molar-refractivity contribution < 1.29 is 14.3 Å². The fourth-order valence-electron chi connectivity index (χ4n) is 2.75. The highest BCUT2D eigenvalue weighted by Crippen LogP contribution is 2.32. The molecule has 1 heterocycles. The molecule has 1 fully saturated rings. The first-order valence-electron chi connectivity index (χ1n) is 7.53. The zero-order valence-electron chi connectivity index (χ0n) is 13.4. The SMILES string of the molecule is COc1ccc(N2C(=O)C[C@@H](Nc3cccc(C)c3)C2=O)cc1Cl. The zero-order chi connectivity index (χ0) is 17.3. The van der Waals surface area contributed by atoms with Crippen LogP contribution in [0.5, 0.6) is 5.75 Å². The van der Waals surface area contributed by atoms with Crippen molar-refractivity contribution in [1.82, 2.24) is 0 Å². The van der Waals surface area contributed by atoms with Crippen LogP contribution in [0.1, 0.15) is 12.0 Å². The number of halogens is 1. The average Bonchev–Trinajstić information content (AvgIpc) is 2.81. The molecule has 0 aliphatic carbocycles. The number of hydrogen-bond acceptors (Lipinski definition) is 4. The number of imide groups is 1. The third-order valence-corrected chi connectivity index (χ3v) is 4.19. The van der Waals surface area contributed by atoms with Crippen molar-refractivity contribution in [2.45, 2.75) is 19.4 Å². The summed E-state index contributed by atoms with van der Waals surface area (Å²) in [6.45, 7) is 1.97. The molecule has 1 atom stereocenters. The molecule has 2 aromatic rings. The van der Waals surface area contributed by atoms with E-state index in [1.807, 2.05) is 31.2 Å². The highest BCUT2D eigenvalue weighted by Gasteiger charge is 2.39. The smallest absolute Gasteiger partial charge is 0.256 e. The van der Waals surface area contributed by atoms with Crippen molar-refractivity contribution in [1.29, 1.82) is 0 Å². The van der Waals surface area contributed by atoms with E-state index in [4.69, 9.17) is 16.3 Å². The Hall–Kier alpha value is -2.53. The molecule has 1 N–H and O–H groups in total. The number of hydrogen-bond donors (Lipinski definition) is 1. The fraction of sp³-hybridized carbons (Fsp3) is 0.222. The molecular formula is C18H17ClN2O3. The fourth-order valence-corrected chi connectivity index (χ4v) is 3.00. The number of anilines is 2. The molecule has 124 valence electrons. The lowest BCUT2D eigenvalue weighted by Gasteiger charge is -2.17. The minimum Gasteiger partial charge on any atom is -0.495 e. The Labute approximate surface area is 145 Å². The van der Waals surface area contributed by atoms with Gasteiger partial charge in [-0.05, 0) is 42.8 Å². The Kier molecular flexibility index (Phi) is 4.44. The minimum atomic E-state index is -0.583. The quantitative estimate of drug-likeness (QED) is 0.864. The van der Waals surface area contributed by atoms with Gasteiger partial charge in [0.2, 0.25) is 5.91 Å². The van der Waals surface area contributed by atoms with Gasteiger partial charge in [0.15, 0.2) is 0 Å². The van der Waals surface area contributed by atoms with Gasteiger partial charge < -0.3 is 10.1 Å². The molecule has 0 aromatic heterocycles. The third kappa shape index (κ3) is 3.08. The van der Waals surface area contributed by atoms with Gasteiger partial charge >= 0.3 is 0 Å². The predicted molar refractivity (Wildman–Crippen MR) is 93.7 cm³/mol. The molecular weight excluding hydrogens is 328 g/mol. The lowest BCUT2D eigenvalue weighted by atomic mass is 10.2. The van der Waals surface area contributed by atoms with E-state index in [2.05, 4.69) is 5.32 Å². The van der Waals surface area contributed by atoms with E-state index in [1.54, 1.807) is 18.2 Å². The summed E-state index contributed by atoms with van der Waals surface area (Å²) >= 11 is 6.10. The van der Waals surface area contributed by atoms with Crippen LogP contribution in [0.25, 0.3) is 0 Å². The topological polar surface area (TPSA) is 58.6 Å². The molecule has 1 aliphatic rings. The van der Waals surface area contributed by atoms with Crippen molar-refractivity contribution in [3.63, 3.8) is 0 Å². The van der Waals surface area contributed by atoms with Gasteiger partial charge in [0.05, 0.1) is 24.2 Å². The van der Waals surface area contributed by atoms with Gasteiger partial charge in [0.1, 0.15) is 11.8 Å². The number of nitrogens with one attached hydrogen (secondary N) is 1. The maximum atomic E-state index is 12.6. The number of aryl methyl sites for hydroxylation is 1. The van der Waals surface area contributed by atoms with Crippen molar-refractivity contribution in [2.24, 2.45) is 0 Å². The van der Waals surface area contributed by atoms with Gasteiger partial charge in [0, 0.05) is 5.69 Å². The largest absolute Gasteiger partial charge is 0.495 e. The van der Waals surface area contributed by atoms with Gasteiger partial charge in [-0.3, -0.25) is 9.59 Å². The van der Waals surface area contributed by atoms with Crippen molar-refractivity contribution in [2.75, 3.05) is 17.3 Å². The van der Waals surface area contributed by atoms with E-state index < -0.39 is 6.04 Å². The van der Waals surface area contributed by atoms with E-state index in [0.29, 0.717) is 16.5 Å². The van der Waals surface area contributed by atoms with E-state index in [-0.39, 0.29) is 18.2 Å². The molecule has 3 rings (SSSR count). The summed E-state index contributed by atoms with van der Waals surface area (Å²) in [4.78, 5) is 26.1. The Bertz CT molecular complexity index is 807. The van der Waals surface area contributed by atoms with Crippen molar-refractivity contribution >= 4 is 34.8 Å². The third-order valence-electron chi connectivity index (χ3n) is 3.90. The van der Waals surface area contributed by atoms with E-state index in [1.165, 1.54) is 12.0 Å². The van der Waals surface area contributed by atoms with Crippen LogP contribution in [0.3, 0.4) is 0 Å². The Morgan fingerprint density at radius 1 is 1.21 bits per heavy atom. The van der Waals surface area contributed by atoms with E-state index >= 15 is 0 Å². The molecule has 1 saturated heterocycles. The molecule has 24 heavy (non-hydrogen) atoms. The number of amides is 2. The van der Waals surface area contributed by atoms with Crippen LogP contribution in [-0.4, -0.2) is 25.0 Å². The maximum absolute atomic E-state index is 12.6. The van der Waals surface area contributed by atoms with Crippen LogP contribution in [0.4, 0.5) is 11.4 Å². The summed E-state index contributed by atoms with van der Waals surface area (Å²) in [5, 5.41) is 3.48. The van der Waals surface area contributed by atoms with E-state index in [0.717, 1.165) is 11.3 Å². The molecule has 0 radical (unpaired) electrons. The van der Waals surface area contributed by atoms with Crippen LogP contribution in [0.2, 0.25) is 5.02 Å². The standard InChI is InChI=1S/C18H17ClN2O3/c1-11-4-3-5-12(8-11)20-15-10-17(22)21(18(15)23)13-6-7-16(24-2)14(19)9-13/h3-9,15,20H,10H2,1-2H3/t15-/m1/s1. The summed E-state index contributed by atoms with van der Waals surface area (Å²) in [5.74, 6) is -0.0527. The van der Waals surface area contributed by atoms with Crippen molar-refractivity contribution in [3.05, 3.63) is 53.1 Å². The number of nitrogens with zero attached hydrogens (tertiary/aromatic N) is 1. The second-order valence-corrected chi connectivity index (χ2v) is 6.06. The van der Waals surface area contributed by atoms with Crippen LogP contribution >= 0.6 is 11.6 Å². The van der Waals surface area contributed by atoms with Gasteiger partial charge in [-0.15, -0.1) is 0 Å². The number of rotatable bonds is 4. The molecule has 0 unspecified atom stereocenters. The highest BCUT2D eigenvalue weighted by molar-refractivity contribution is 6.33. The molecule has 2 aromatic carbocycles. The minimum absolute atomic E-state index is 0.108. The summed E-state index contributed by atoms with van der Waals surface area (Å²) in [6, 6.07) is 11.9. The Balaban J connectivity index is 1.82. The Morgan fingerprint density at radius 3 is 2.67 bits per heavy atom. The number of benzene rings is 2. The van der Waals surface area contributed by atoms with Crippen LogP contribution in [0, 0.1) is 6.92 Å². The first-order valence-corrected chi connectivity index (χ1v) is 7.91. The van der Waals surface area contributed by atoms with Gasteiger partial charge in [0.25, 0.3) is 5.91 Å². The number of carbonyl (C=O) groups excluding carboxylic acids is 2. The summed E-state index contributed by atoms with van der Waals surface area (Å²) in [6.07, 6.45) is 0.108. The molecule has 0 bridgehead atoms. The van der Waals surface area contributed by atoms with Crippen LogP contribution in [0.15, 0.2) is 42.5 Å². The second-order valence-electron chi connectivity index (χ2n) is 5.66. The first-order chi connectivity index (χ1) is 11.5. The lowest BCUT2D eigenvalue weighted by molar-refractivity contribution is -0.121. The number of carbonyl (C=O) groups is 2. The summed E-state index contributed by atoms with van der Waals surface area (Å²) in [5.41, 5.74) is 2.34. The second kappa shape index (κ2) is 6.53. The molecule has 6 heteroatoms. The number of ether oxygens (including phenoxy) is 1. The van der Waals surface area contributed by atoms with Gasteiger partial charge in [-0.25, -0.2) is 4.90 Å². The number of methoxy groups -OCH3 is 1.